The van der Waals surface area contributed by atoms with E-state index in [1.807, 2.05) is 25.1 Å². The Balaban J connectivity index is 1.57. The van der Waals surface area contributed by atoms with E-state index in [1.165, 1.54) is 6.21 Å². The Labute approximate surface area is 210 Å². The first-order valence-corrected chi connectivity index (χ1v) is 11.6. The summed E-state index contributed by atoms with van der Waals surface area (Å²) in [4.78, 5) is 25.8. The monoisotopic (exact) mass is 535 g/mol. The summed E-state index contributed by atoms with van der Waals surface area (Å²) in [5.74, 6) is 0.773. The Morgan fingerprint density at radius 2 is 1.86 bits per heavy atom. The van der Waals surface area contributed by atoms with E-state index in [4.69, 9.17) is 14.2 Å². The van der Waals surface area contributed by atoms with Gasteiger partial charge in [0.15, 0.2) is 11.5 Å². The fourth-order valence-corrected chi connectivity index (χ4v) is 3.62. The second-order valence-electron chi connectivity index (χ2n) is 7.31. The van der Waals surface area contributed by atoms with Gasteiger partial charge in [0.1, 0.15) is 11.4 Å². The van der Waals surface area contributed by atoms with Crippen LogP contribution in [0.2, 0.25) is 0 Å². The molecule has 8 nitrogen and oxygen atoms in total. The highest BCUT2D eigenvalue weighted by Gasteiger charge is 2.17. The summed E-state index contributed by atoms with van der Waals surface area (Å²) in [5.41, 5.74) is 4.21. The van der Waals surface area contributed by atoms with Gasteiger partial charge in [-0.3, -0.25) is 9.59 Å². The molecule has 1 heterocycles. The molecular weight excluding hydrogens is 514 g/mol. The number of carbonyl (C=O) groups excluding carboxylic acids is 2. The lowest BCUT2D eigenvalue weighted by molar-refractivity contribution is -0.117. The van der Waals surface area contributed by atoms with E-state index < -0.39 is 11.8 Å². The molecule has 4 rings (SSSR count). The van der Waals surface area contributed by atoms with E-state index in [1.54, 1.807) is 54.6 Å². The number of ether oxygens (including phenoxy) is 3. The molecule has 1 aliphatic rings. The lowest BCUT2D eigenvalue weighted by Gasteiger charge is -2.10. The number of hydrogen-bond donors (Lipinski definition) is 2. The van der Waals surface area contributed by atoms with Gasteiger partial charge in [-0.2, -0.15) is 5.10 Å². The zero-order valence-electron chi connectivity index (χ0n) is 18.8. The number of hydrogen-bond acceptors (Lipinski definition) is 6. The van der Waals surface area contributed by atoms with Crippen LogP contribution in [0.15, 0.2) is 82.0 Å². The van der Waals surface area contributed by atoms with Crippen molar-refractivity contribution < 1.29 is 23.8 Å². The lowest BCUT2D eigenvalue weighted by Crippen LogP contribution is -2.32. The number of nitrogens with one attached hydrogen (secondary N) is 2. The van der Waals surface area contributed by atoms with Crippen molar-refractivity contribution in [2.45, 2.75) is 6.92 Å². The van der Waals surface area contributed by atoms with Crippen LogP contribution >= 0.6 is 15.9 Å². The van der Waals surface area contributed by atoms with E-state index in [2.05, 4.69) is 31.8 Å². The van der Waals surface area contributed by atoms with Crippen molar-refractivity contribution >= 4 is 40.0 Å². The predicted molar refractivity (Wildman–Crippen MR) is 135 cm³/mol. The molecule has 0 bridgehead atoms. The standard InChI is InChI=1S/C26H22BrN3O5/c1-2-33-22-11-9-20(27)14-19(22)15-28-30-26(32)21(29-25(31)18-6-4-3-5-7-18)12-17-8-10-23-24(13-17)35-16-34-23/h3-15H,2,16H2,1H3,(H,29,31)(H,30,32). The van der Waals surface area contributed by atoms with Crippen LogP contribution in [0.4, 0.5) is 0 Å². The summed E-state index contributed by atoms with van der Waals surface area (Å²) >= 11 is 3.42. The van der Waals surface area contributed by atoms with Gasteiger partial charge in [-0.05, 0) is 61.0 Å². The van der Waals surface area contributed by atoms with E-state index in [0.29, 0.717) is 40.5 Å². The minimum absolute atomic E-state index is 0.00847. The van der Waals surface area contributed by atoms with E-state index in [9.17, 15) is 9.59 Å². The molecule has 0 saturated heterocycles. The molecule has 0 aliphatic carbocycles. The molecular formula is C26H22BrN3O5. The summed E-state index contributed by atoms with van der Waals surface area (Å²) in [7, 11) is 0. The highest BCUT2D eigenvalue weighted by molar-refractivity contribution is 9.10. The van der Waals surface area contributed by atoms with Gasteiger partial charge >= 0.3 is 0 Å². The topological polar surface area (TPSA) is 98.2 Å². The number of carbonyl (C=O) groups is 2. The van der Waals surface area contributed by atoms with Crippen molar-refractivity contribution in [3.8, 4) is 17.2 Å². The van der Waals surface area contributed by atoms with E-state index >= 15 is 0 Å². The van der Waals surface area contributed by atoms with E-state index in [0.717, 1.165) is 4.47 Å². The maximum absolute atomic E-state index is 13.0. The molecule has 2 N–H and O–H groups in total. The summed E-state index contributed by atoms with van der Waals surface area (Å²) in [6.07, 6.45) is 3.02. The van der Waals surface area contributed by atoms with Crippen molar-refractivity contribution in [2.75, 3.05) is 13.4 Å². The molecule has 3 aromatic rings. The fraction of sp³-hybridized carbons (Fsp3) is 0.115. The normalized spacial score (nSPS) is 12.5. The lowest BCUT2D eigenvalue weighted by atomic mass is 10.1. The molecule has 0 radical (unpaired) electrons. The van der Waals surface area contributed by atoms with Gasteiger partial charge in [0.2, 0.25) is 6.79 Å². The minimum atomic E-state index is -0.601. The largest absolute Gasteiger partial charge is 0.493 e. The van der Waals surface area contributed by atoms with Crippen LogP contribution < -0.4 is 25.0 Å². The molecule has 0 spiro atoms. The number of rotatable bonds is 8. The highest BCUT2D eigenvalue weighted by atomic mass is 79.9. The molecule has 0 atom stereocenters. The van der Waals surface area contributed by atoms with Crippen LogP contribution in [0.25, 0.3) is 6.08 Å². The fourth-order valence-electron chi connectivity index (χ4n) is 3.24. The maximum Gasteiger partial charge on any atom is 0.287 e. The Morgan fingerprint density at radius 1 is 1.06 bits per heavy atom. The van der Waals surface area contributed by atoms with Gasteiger partial charge in [-0.1, -0.05) is 40.2 Å². The number of hydrazone groups is 1. The second kappa shape index (κ2) is 11.3. The summed E-state index contributed by atoms with van der Waals surface area (Å²) in [6.45, 7) is 2.50. The average Bonchev–Trinajstić information content (AvgIpc) is 3.33. The maximum atomic E-state index is 13.0. The van der Waals surface area contributed by atoms with Gasteiger partial charge in [0.25, 0.3) is 11.8 Å². The van der Waals surface area contributed by atoms with Crippen molar-refractivity contribution in [3.63, 3.8) is 0 Å². The van der Waals surface area contributed by atoms with Crippen LogP contribution in [0.3, 0.4) is 0 Å². The first kappa shape index (κ1) is 24.0. The quantitative estimate of drug-likeness (QED) is 0.251. The van der Waals surface area contributed by atoms with Crippen LogP contribution in [0, 0.1) is 0 Å². The third-order valence-electron chi connectivity index (χ3n) is 4.88. The van der Waals surface area contributed by atoms with Crippen LogP contribution in [-0.2, 0) is 4.79 Å². The minimum Gasteiger partial charge on any atom is -0.493 e. The number of halogens is 1. The van der Waals surface area contributed by atoms with Crippen LogP contribution in [0.1, 0.15) is 28.4 Å². The number of amides is 2. The van der Waals surface area contributed by atoms with Crippen molar-refractivity contribution in [3.05, 3.63) is 93.6 Å². The van der Waals surface area contributed by atoms with Crippen molar-refractivity contribution in [1.29, 1.82) is 0 Å². The molecule has 2 amide bonds. The number of nitrogens with zero attached hydrogens (tertiary/aromatic N) is 1. The third kappa shape index (κ3) is 6.27. The zero-order valence-corrected chi connectivity index (χ0v) is 20.4. The smallest absolute Gasteiger partial charge is 0.287 e. The molecule has 0 unspecified atom stereocenters. The molecule has 0 saturated carbocycles. The van der Waals surface area contributed by atoms with Crippen LogP contribution in [0.5, 0.6) is 17.2 Å². The third-order valence-corrected chi connectivity index (χ3v) is 5.37. The SMILES string of the molecule is CCOc1ccc(Br)cc1C=NNC(=O)C(=Cc1ccc2c(c1)OCO2)NC(=O)c1ccccc1. The molecule has 1 aliphatic heterocycles. The Kier molecular flexibility index (Phi) is 7.79. The summed E-state index contributed by atoms with van der Waals surface area (Å²) < 4.78 is 17.2. The van der Waals surface area contributed by atoms with Crippen LogP contribution in [-0.4, -0.2) is 31.4 Å². The Morgan fingerprint density at radius 3 is 2.66 bits per heavy atom. The van der Waals surface area contributed by atoms with Gasteiger partial charge in [0.05, 0.1) is 12.8 Å². The molecule has 178 valence electrons. The summed E-state index contributed by atoms with van der Waals surface area (Å²) in [5, 5.41) is 6.73. The van der Waals surface area contributed by atoms with Gasteiger partial charge in [-0.25, -0.2) is 5.43 Å². The van der Waals surface area contributed by atoms with E-state index in [-0.39, 0.29) is 12.5 Å². The zero-order chi connectivity index (χ0) is 24.6. The Bertz CT molecular complexity index is 1290. The number of benzene rings is 3. The highest BCUT2D eigenvalue weighted by Crippen LogP contribution is 2.33. The van der Waals surface area contributed by atoms with Gasteiger partial charge in [0, 0.05) is 15.6 Å². The summed E-state index contributed by atoms with van der Waals surface area (Å²) in [6, 6.07) is 19.3. The molecule has 3 aromatic carbocycles. The molecule has 9 heteroatoms. The number of fused-ring (bicyclic) bond motifs is 1. The predicted octanol–water partition coefficient (Wildman–Crippen LogP) is 4.50. The van der Waals surface area contributed by atoms with Crippen molar-refractivity contribution in [1.82, 2.24) is 10.7 Å². The first-order chi connectivity index (χ1) is 17.0. The van der Waals surface area contributed by atoms with Gasteiger partial charge in [-0.15, -0.1) is 0 Å². The molecule has 35 heavy (non-hydrogen) atoms. The molecule has 0 aromatic heterocycles. The van der Waals surface area contributed by atoms with Crippen molar-refractivity contribution in [2.24, 2.45) is 5.10 Å². The first-order valence-electron chi connectivity index (χ1n) is 10.8. The Hall–Kier alpha value is -4.11. The average molecular weight is 536 g/mol. The van der Waals surface area contributed by atoms with Gasteiger partial charge < -0.3 is 19.5 Å². The molecule has 0 fully saturated rings. The second-order valence-corrected chi connectivity index (χ2v) is 8.22.